The lowest BCUT2D eigenvalue weighted by Crippen LogP contribution is -2.57. The Labute approximate surface area is 120 Å². The molecule has 0 atom stereocenters. The first kappa shape index (κ1) is 13.4. The number of likely N-dealkylation sites (tertiary alicyclic amines) is 2. The highest BCUT2D eigenvalue weighted by molar-refractivity contribution is 5.73. The summed E-state index contributed by atoms with van der Waals surface area (Å²) in [6, 6.07) is 8.27. The Morgan fingerprint density at radius 2 is 1.95 bits per heavy atom. The van der Waals surface area contributed by atoms with E-state index in [0.29, 0.717) is 5.41 Å². The molecule has 4 nitrogen and oxygen atoms in total. The van der Waals surface area contributed by atoms with Gasteiger partial charge in [-0.15, -0.1) is 0 Å². The minimum Gasteiger partial charge on any atom is -0.497 e. The first-order valence-electron chi connectivity index (χ1n) is 7.21. The normalized spacial score (nSPS) is 21.0. The lowest BCUT2D eigenvalue weighted by molar-refractivity contribution is -0.128. The van der Waals surface area contributed by atoms with Crippen molar-refractivity contribution in [2.75, 3.05) is 33.3 Å². The van der Waals surface area contributed by atoms with Gasteiger partial charge in [-0.1, -0.05) is 12.1 Å². The number of carbonyl (C=O) groups is 1. The van der Waals surface area contributed by atoms with E-state index in [1.807, 2.05) is 17.0 Å². The average molecular weight is 274 g/mol. The Hall–Kier alpha value is -1.55. The van der Waals surface area contributed by atoms with Gasteiger partial charge in [-0.05, 0) is 24.1 Å². The Kier molecular flexibility index (Phi) is 3.42. The Morgan fingerprint density at radius 3 is 2.50 bits per heavy atom. The quantitative estimate of drug-likeness (QED) is 0.842. The van der Waals surface area contributed by atoms with Gasteiger partial charge in [-0.25, -0.2) is 0 Å². The molecule has 1 aromatic carbocycles. The molecule has 0 bridgehead atoms. The predicted molar refractivity (Wildman–Crippen MR) is 77.6 cm³/mol. The molecule has 0 saturated carbocycles. The zero-order valence-electron chi connectivity index (χ0n) is 12.3. The largest absolute Gasteiger partial charge is 0.497 e. The summed E-state index contributed by atoms with van der Waals surface area (Å²) >= 11 is 0. The van der Waals surface area contributed by atoms with E-state index in [-0.39, 0.29) is 5.91 Å². The highest BCUT2D eigenvalue weighted by Gasteiger charge is 2.47. The molecule has 0 radical (unpaired) electrons. The van der Waals surface area contributed by atoms with E-state index in [4.69, 9.17) is 4.74 Å². The second-order valence-electron chi connectivity index (χ2n) is 6.18. The number of nitrogens with zero attached hydrogens (tertiary/aromatic N) is 2. The Balaban J connectivity index is 1.52. The summed E-state index contributed by atoms with van der Waals surface area (Å²) in [5.41, 5.74) is 1.69. The van der Waals surface area contributed by atoms with Crippen LogP contribution < -0.4 is 4.74 Å². The lowest BCUT2D eigenvalue weighted by atomic mass is 9.79. The number of rotatable bonds is 3. The molecule has 1 amide bonds. The number of ether oxygens (including phenoxy) is 1. The van der Waals surface area contributed by atoms with Gasteiger partial charge in [0, 0.05) is 45.1 Å². The van der Waals surface area contributed by atoms with Crippen LogP contribution in [0, 0.1) is 5.41 Å². The van der Waals surface area contributed by atoms with Crippen LogP contribution in [-0.4, -0.2) is 49.0 Å². The third-order valence-electron chi connectivity index (χ3n) is 4.57. The molecule has 4 heteroatoms. The number of hydrogen-bond acceptors (Lipinski definition) is 3. The van der Waals surface area contributed by atoms with Crippen molar-refractivity contribution < 1.29 is 9.53 Å². The summed E-state index contributed by atoms with van der Waals surface area (Å²) < 4.78 is 5.17. The number of methoxy groups -OCH3 is 1. The van der Waals surface area contributed by atoms with E-state index >= 15 is 0 Å². The van der Waals surface area contributed by atoms with Crippen LogP contribution in [0.5, 0.6) is 5.75 Å². The monoisotopic (exact) mass is 274 g/mol. The number of hydrogen-bond donors (Lipinski definition) is 0. The lowest BCUT2D eigenvalue weighted by Gasteiger charge is -2.48. The number of carbonyl (C=O) groups excluding carboxylic acids is 1. The van der Waals surface area contributed by atoms with Crippen molar-refractivity contribution >= 4 is 5.91 Å². The van der Waals surface area contributed by atoms with Crippen molar-refractivity contribution in [3.63, 3.8) is 0 Å². The summed E-state index contributed by atoms with van der Waals surface area (Å²) in [5, 5.41) is 0. The maximum absolute atomic E-state index is 11.4. The summed E-state index contributed by atoms with van der Waals surface area (Å²) in [5.74, 6) is 1.12. The number of amides is 1. The molecule has 0 N–H and O–H groups in total. The standard InChI is InChI=1S/C16H22N2O2/c1-13(19)18-8-7-16(12-18)10-17(11-16)9-14-3-5-15(20-2)6-4-14/h3-6H,7-12H2,1-2H3. The first-order valence-corrected chi connectivity index (χ1v) is 7.21. The van der Waals surface area contributed by atoms with Crippen LogP contribution in [-0.2, 0) is 11.3 Å². The van der Waals surface area contributed by atoms with Crippen molar-refractivity contribution in [1.82, 2.24) is 9.80 Å². The van der Waals surface area contributed by atoms with Crippen molar-refractivity contribution in [2.45, 2.75) is 19.9 Å². The van der Waals surface area contributed by atoms with Gasteiger partial charge in [0.2, 0.25) is 5.91 Å². The van der Waals surface area contributed by atoms with E-state index in [1.165, 1.54) is 5.56 Å². The molecular weight excluding hydrogens is 252 g/mol. The smallest absolute Gasteiger partial charge is 0.219 e. The van der Waals surface area contributed by atoms with Crippen LogP contribution in [0.15, 0.2) is 24.3 Å². The fraction of sp³-hybridized carbons (Fsp3) is 0.562. The molecule has 108 valence electrons. The van der Waals surface area contributed by atoms with E-state index in [2.05, 4.69) is 17.0 Å². The van der Waals surface area contributed by atoms with Crippen molar-refractivity contribution in [2.24, 2.45) is 5.41 Å². The average Bonchev–Trinajstić information content (AvgIpc) is 2.85. The second kappa shape index (κ2) is 5.09. The molecule has 20 heavy (non-hydrogen) atoms. The van der Waals surface area contributed by atoms with Gasteiger partial charge in [0.25, 0.3) is 0 Å². The highest BCUT2D eigenvalue weighted by Crippen LogP contribution is 2.40. The van der Waals surface area contributed by atoms with Gasteiger partial charge >= 0.3 is 0 Å². The third kappa shape index (κ3) is 2.52. The highest BCUT2D eigenvalue weighted by atomic mass is 16.5. The van der Waals surface area contributed by atoms with Gasteiger partial charge in [0.15, 0.2) is 0 Å². The number of benzene rings is 1. The fourth-order valence-electron chi connectivity index (χ4n) is 3.47. The van der Waals surface area contributed by atoms with Gasteiger partial charge in [0.1, 0.15) is 5.75 Å². The van der Waals surface area contributed by atoms with E-state index in [1.54, 1.807) is 14.0 Å². The van der Waals surface area contributed by atoms with Crippen LogP contribution in [0.3, 0.4) is 0 Å². The molecule has 1 spiro atoms. The van der Waals surface area contributed by atoms with Gasteiger partial charge in [0.05, 0.1) is 7.11 Å². The summed E-state index contributed by atoms with van der Waals surface area (Å²) in [4.78, 5) is 15.9. The summed E-state index contributed by atoms with van der Waals surface area (Å²) in [7, 11) is 1.69. The Bertz CT molecular complexity index is 492. The van der Waals surface area contributed by atoms with E-state index in [0.717, 1.165) is 44.9 Å². The third-order valence-corrected chi connectivity index (χ3v) is 4.57. The van der Waals surface area contributed by atoms with E-state index < -0.39 is 0 Å². The van der Waals surface area contributed by atoms with Crippen molar-refractivity contribution in [3.8, 4) is 5.75 Å². The molecule has 2 aliphatic heterocycles. The van der Waals surface area contributed by atoms with Gasteiger partial charge in [-0.3, -0.25) is 9.69 Å². The molecule has 0 aliphatic carbocycles. The van der Waals surface area contributed by atoms with Gasteiger partial charge < -0.3 is 9.64 Å². The fourth-order valence-corrected chi connectivity index (χ4v) is 3.47. The molecule has 0 aromatic heterocycles. The minimum atomic E-state index is 0.218. The maximum Gasteiger partial charge on any atom is 0.219 e. The molecule has 2 heterocycles. The zero-order chi connectivity index (χ0) is 14.2. The molecule has 0 unspecified atom stereocenters. The molecule has 3 rings (SSSR count). The molecule has 2 aliphatic rings. The summed E-state index contributed by atoms with van der Waals surface area (Å²) in [6.45, 7) is 6.78. The predicted octanol–water partition coefficient (Wildman–Crippen LogP) is 1.75. The van der Waals surface area contributed by atoms with Crippen LogP contribution in [0.25, 0.3) is 0 Å². The molecule has 2 saturated heterocycles. The molecule has 2 fully saturated rings. The van der Waals surface area contributed by atoms with Crippen molar-refractivity contribution in [1.29, 1.82) is 0 Å². The van der Waals surface area contributed by atoms with Crippen LogP contribution >= 0.6 is 0 Å². The van der Waals surface area contributed by atoms with Crippen molar-refractivity contribution in [3.05, 3.63) is 29.8 Å². The second-order valence-corrected chi connectivity index (χ2v) is 6.18. The minimum absolute atomic E-state index is 0.218. The first-order chi connectivity index (χ1) is 9.60. The SMILES string of the molecule is COc1ccc(CN2CC3(CCN(C(C)=O)C3)C2)cc1. The molecular formula is C16H22N2O2. The maximum atomic E-state index is 11.4. The van der Waals surface area contributed by atoms with Crippen LogP contribution in [0.2, 0.25) is 0 Å². The topological polar surface area (TPSA) is 32.8 Å². The van der Waals surface area contributed by atoms with Gasteiger partial charge in [-0.2, -0.15) is 0 Å². The Morgan fingerprint density at radius 1 is 1.25 bits per heavy atom. The van der Waals surface area contributed by atoms with Crippen LogP contribution in [0.4, 0.5) is 0 Å². The van der Waals surface area contributed by atoms with E-state index in [9.17, 15) is 4.79 Å². The summed E-state index contributed by atoms with van der Waals surface area (Å²) in [6.07, 6.45) is 1.16. The zero-order valence-corrected chi connectivity index (χ0v) is 12.3. The van der Waals surface area contributed by atoms with Crippen LogP contribution in [0.1, 0.15) is 18.9 Å². The molecule has 1 aromatic rings.